The lowest BCUT2D eigenvalue weighted by atomic mass is 10.3. The maximum atomic E-state index is 12.1. The summed E-state index contributed by atoms with van der Waals surface area (Å²) in [4.78, 5) is 18.7. The van der Waals surface area contributed by atoms with Gasteiger partial charge >= 0.3 is 0 Å². The molecule has 0 saturated carbocycles. The van der Waals surface area contributed by atoms with Crippen LogP contribution in [0.4, 0.5) is 5.69 Å². The average Bonchev–Trinajstić information content (AvgIpc) is 3.07. The third kappa shape index (κ3) is 3.87. The highest BCUT2D eigenvalue weighted by atomic mass is 32.1. The second-order valence-electron chi connectivity index (χ2n) is 5.37. The Labute approximate surface area is 149 Å². The zero-order valence-corrected chi connectivity index (χ0v) is 14.6. The highest BCUT2D eigenvalue weighted by Gasteiger charge is 2.09. The fourth-order valence-corrected chi connectivity index (χ4v) is 3.25. The number of hydrogen-bond acceptors (Lipinski definition) is 5. The second-order valence-corrected chi connectivity index (χ2v) is 6.58. The Morgan fingerprint density at radius 3 is 2.88 bits per heavy atom. The molecule has 1 amide bonds. The van der Waals surface area contributed by atoms with Crippen LogP contribution >= 0.6 is 11.3 Å². The van der Waals surface area contributed by atoms with Crippen molar-refractivity contribution in [3.63, 3.8) is 0 Å². The van der Waals surface area contributed by atoms with Crippen LogP contribution in [0.2, 0.25) is 0 Å². The highest BCUT2D eigenvalue weighted by molar-refractivity contribution is 7.17. The summed E-state index contributed by atoms with van der Waals surface area (Å²) in [5.41, 5.74) is 2.43. The lowest BCUT2D eigenvalue weighted by molar-refractivity contribution is -0.111. The van der Waals surface area contributed by atoms with E-state index in [0.717, 1.165) is 16.3 Å². The molecule has 25 heavy (non-hydrogen) atoms. The van der Waals surface area contributed by atoms with Crippen molar-refractivity contribution in [3.05, 3.63) is 52.8 Å². The quantitative estimate of drug-likeness (QED) is 0.712. The number of nitrogens with zero attached hydrogens (tertiary/aromatic N) is 3. The fraction of sp³-hybridized carbons (Fsp3) is 0.167. The number of fused-ring (bicyclic) bond motifs is 1. The number of nitriles is 1. The Bertz CT molecular complexity index is 977. The summed E-state index contributed by atoms with van der Waals surface area (Å²) in [6.07, 6.45) is 5.27. The van der Waals surface area contributed by atoms with Crippen LogP contribution in [0.5, 0.6) is 5.75 Å². The molecule has 2 heterocycles. The number of benzene rings is 1. The normalized spacial score (nSPS) is 10.9. The number of thiazole rings is 1. The third-order valence-electron chi connectivity index (χ3n) is 3.48. The summed E-state index contributed by atoms with van der Waals surface area (Å²) in [5, 5.41) is 11.3. The molecule has 7 heteroatoms. The molecular formula is C18H16N4O2S. The molecule has 126 valence electrons. The molecule has 0 aliphatic rings. The number of nitrogens with one attached hydrogen (secondary N) is 1. The van der Waals surface area contributed by atoms with Crippen molar-refractivity contribution in [2.24, 2.45) is 0 Å². The Kier molecular flexibility index (Phi) is 4.82. The Hall–Kier alpha value is -3.11. The molecule has 3 aromatic rings. The molecule has 0 fully saturated rings. The Balaban J connectivity index is 1.68. The molecule has 0 aliphatic carbocycles. The molecule has 0 bridgehead atoms. The summed E-state index contributed by atoms with van der Waals surface area (Å²) in [6.45, 7) is 3.95. The van der Waals surface area contributed by atoms with Crippen LogP contribution in [0.1, 0.15) is 16.3 Å². The molecule has 0 spiro atoms. The van der Waals surface area contributed by atoms with Crippen molar-refractivity contribution in [1.82, 2.24) is 9.38 Å². The molecule has 0 unspecified atom stereocenters. The minimum absolute atomic E-state index is 0.00429. The molecule has 0 radical (unpaired) electrons. The Morgan fingerprint density at radius 2 is 2.16 bits per heavy atom. The second kappa shape index (κ2) is 7.20. The van der Waals surface area contributed by atoms with Crippen molar-refractivity contribution < 1.29 is 9.53 Å². The highest BCUT2D eigenvalue weighted by Crippen LogP contribution is 2.21. The van der Waals surface area contributed by atoms with E-state index in [1.165, 1.54) is 11.0 Å². The number of rotatable bonds is 5. The molecular weight excluding hydrogens is 336 g/mol. The van der Waals surface area contributed by atoms with Gasteiger partial charge in [0.25, 0.3) is 0 Å². The van der Waals surface area contributed by atoms with Gasteiger partial charge < -0.3 is 10.1 Å². The zero-order chi connectivity index (χ0) is 17.8. The number of aryl methyl sites for hydroxylation is 2. The van der Waals surface area contributed by atoms with Crippen molar-refractivity contribution in [3.8, 4) is 11.8 Å². The maximum absolute atomic E-state index is 12.1. The van der Waals surface area contributed by atoms with Crippen LogP contribution in [0.3, 0.4) is 0 Å². The first-order chi connectivity index (χ1) is 12.1. The predicted molar refractivity (Wildman–Crippen MR) is 97.8 cm³/mol. The van der Waals surface area contributed by atoms with E-state index in [9.17, 15) is 4.79 Å². The molecule has 0 atom stereocenters. The number of imidazole rings is 1. The van der Waals surface area contributed by atoms with Gasteiger partial charge in [-0.25, -0.2) is 4.98 Å². The summed E-state index contributed by atoms with van der Waals surface area (Å²) in [5.74, 6) is 0.354. The van der Waals surface area contributed by atoms with Crippen molar-refractivity contribution in [2.45, 2.75) is 13.8 Å². The van der Waals surface area contributed by atoms with E-state index in [-0.39, 0.29) is 12.5 Å². The van der Waals surface area contributed by atoms with Gasteiger partial charge in [0.2, 0.25) is 5.91 Å². The van der Waals surface area contributed by atoms with E-state index in [4.69, 9.17) is 10.00 Å². The van der Waals surface area contributed by atoms with Crippen LogP contribution in [0.25, 0.3) is 11.0 Å². The minimum atomic E-state index is -0.230. The molecule has 3 rings (SSSR count). The molecule has 1 N–H and O–H groups in total. The number of ether oxygens (including phenoxy) is 1. The van der Waals surface area contributed by atoms with Crippen LogP contribution in [-0.2, 0) is 4.79 Å². The number of carbonyl (C=O) groups excluding carboxylic acids is 1. The fourth-order valence-electron chi connectivity index (χ4n) is 2.37. The smallest absolute Gasteiger partial charge is 0.248 e. The first-order valence-electron chi connectivity index (χ1n) is 7.61. The number of anilines is 1. The van der Waals surface area contributed by atoms with E-state index in [2.05, 4.69) is 10.3 Å². The number of aromatic nitrogens is 2. The number of hydrogen-bond donors (Lipinski definition) is 1. The van der Waals surface area contributed by atoms with E-state index in [1.807, 2.05) is 30.5 Å². The van der Waals surface area contributed by atoms with Crippen molar-refractivity contribution >= 4 is 34.0 Å². The first-order valence-corrected chi connectivity index (χ1v) is 8.42. The van der Waals surface area contributed by atoms with Gasteiger partial charge in [-0.15, -0.1) is 11.3 Å². The largest absolute Gasteiger partial charge is 0.479 e. The number of carbonyl (C=O) groups is 1. The van der Waals surface area contributed by atoms with Gasteiger partial charge in [-0.1, -0.05) is 0 Å². The molecule has 0 saturated heterocycles. The Morgan fingerprint density at radius 1 is 1.40 bits per heavy atom. The van der Waals surface area contributed by atoms with Gasteiger partial charge in [-0.3, -0.25) is 9.20 Å². The van der Waals surface area contributed by atoms with Crippen molar-refractivity contribution in [1.29, 1.82) is 5.26 Å². The van der Waals surface area contributed by atoms with E-state index in [1.54, 1.807) is 41.7 Å². The standard InChI is InChI=1S/C18H16N4O2S/c1-12-11-22-16(13(2)20-18(22)25-12)7-8-17(23)21-14-3-5-15(6-4-14)24-10-9-19/h3-8,11H,10H2,1-2H3,(H,21,23)/b8-7+. The van der Waals surface area contributed by atoms with Gasteiger partial charge in [-0.2, -0.15) is 5.26 Å². The SMILES string of the molecule is Cc1cn2c(/C=C/C(=O)Nc3ccc(OCC#N)cc3)c(C)nc2s1. The predicted octanol–water partition coefficient (Wildman–Crippen LogP) is 3.57. The third-order valence-corrected chi connectivity index (χ3v) is 4.38. The van der Waals surface area contributed by atoms with Crippen LogP contribution in [0.15, 0.2) is 36.5 Å². The van der Waals surface area contributed by atoms with Gasteiger partial charge in [-0.05, 0) is 44.2 Å². The van der Waals surface area contributed by atoms with E-state index < -0.39 is 0 Å². The van der Waals surface area contributed by atoms with Crippen LogP contribution < -0.4 is 10.1 Å². The summed E-state index contributed by atoms with van der Waals surface area (Å²) in [7, 11) is 0. The lowest BCUT2D eigenvalue weighted by Gasteiger charge is -2.04. The molecule has 2 aromatic heterocycles. The van der Waals surface area contributed by atoms with Crippen molar-refractivity contribution in [2.75, 3.05) is 11.9 Å². The molecule has 1 aromatic carbocycles. The maximum Gasteiger partial charge on any atom is 0.248 e. The summed E-state index contributed by atoms with van der Waals surface area (Å²) in [6, 6.07) is 8.76. The zero-order valence-electron chi connectivity index (χ0n) is 13.8. The average molecular weight is 352 g/mol. The van der Waals surface area contributed by atoms with Gasteiger partial charge in [0.15, 0.2) is 11.6 Å². The minimum Gasteiger partial charge on any atom is -0.479 e. The topological polar surface area (TPSA) is 79.4 Å². The van der Waals surface area contributed by atoms with E-state index >= 15 is 0 Å². The monoisotopic (exact) mass is 352 g/mol. The summed E-state index contributed by atoms with van der Waals surface area (Å²) < 4.78 is 7.16. The van der Waals surface area contributed by atoms with Crippen LogP contribution in [0, 0.1) is 25.2 Å². The van der Waals surface area contributed by atoms with E-state index in [0.29, 0.717) is 11.4 Å². The summed E-state index contributed by atoms with van der Waals surface area (Å²) >= 11 is 1.62. The molecule has 6 nitrogen and oxygen atoms in total. The van der Waals surface area contributed by atoms with Gasteiger partial charge in [0.05, 0.1) is 11.4 Å². The van der Waals surface area contributed by atoms with Crippen LogP contribution in [-0.4, -0.2) is 21.9 Å². The number of amides is 1. The van der Waals surface area contributed by atoms with Gasteiger partial charge in [0.1, 0.15) is 11.8 Å². The first kappa shape index (κ1) is 16.7. The van der Waals surface area contributed by atoms with Gasteiger partial charge in [0, 0.05) is 22.8 Å². The molecule has 0 aliphatic heterocycles. The lowest BCUT2D eigenvalue weighted by Crippen LogP contribution is -2.07.